The van der Waals surface area contributed by atoms with Crippen molar-refractivity contribution in [3.63, 3.8) is 0 Å². The number of aromatic nitrogens is 1. The molecule has 1 aromatic carbocycles. The van der Waals surface area contributed by atoms with Crippen LogP contribution in [0.5, 0.6) is 11.5 Å². The summed E-state index contributed by atoms with van der Waals surface area (Å²) < 4.78 is 12.7. The van der Waals surface area contributed by atoms with E-state index in [0.717, 1.165) is 16.0 Å². The molecule has 2 N–H and O–H groups in total. The number of carbonyl (C=O) groups excluding carboxylic acids is 3. The van der Waals surface area contributed by atoms with E-state index in [-0.39, 0.29) is 38.0 Å². The van der Waals surface area contributed by atoms with Crippen LogP contribution >= 0.6 is 22.7 Å². The summed E-state index contributed by atoms with van der Waals surface area (Å²) in [6.07, 6.45) is 0.184. The van der Waals surface area contributed by atoms with Gasteiger partial charge in [-0.1, -0.05) is 12.1 Å². The summed E-state index contributed by atoms with van der Waals surface area (Å²) in [7, 11) is 0. The second-order valence-corrected chi connectivity index (χ2v) is 10.5. The van der Waals surface area contributed by atoms with Crippen molar-refractivity contribution in [1.82, 2.24) is 9.47 Å². The molecule has 0 fully saturated rings. The van der Waals surface area contributed by atoms with E-state index >= 15 is 0 Å². The van der Waals surface area contributed by atoms with Crippen molar-refractivity contribution in [1.29, 1.82) is 0 Å². The van der Waals surface area contributed by atoms with Gasteiger partial charge >= 0.3 is 0 Å². The number of hydrogen-bond donors (Lipinski definition) is 1. The zero-order chi connectivity index (χ0) is 25.9. The first kappa shape index (κ1) is 24.8. The van der Waals surface area contributed by atoms with Gasteiger partial charge in [0.25, 0.3) is 5.91 Å². The number of Topliss-reactive ketones (excluding diaryl/α,β-unsaturated/α-hetero) is 1. The molecule has 4 heterocycles. The lowest BCUT2D eigenvalue weighted by atomic mass is 10.1. The van der Waals surface area contributed by atoms with Gasteiger partial charge in [0.1, 0.15) is 0 Å². The fourth-order valence-corrected chi connectivity index (χ4v) is 5.68. The van der Waals surface area contributed by atoms with Gasteiger partial charge in [-0.2, -0.15) is 11.3 Å². The predicted molar refractivity (Wildman–Crippen MR) is 141 cm³/mol. The molecular formula is C27H25N3O5S2. The summed E-state index contributed by atoms with van der Waals surface area (Å²) in [5.74, 6) is 0.221. The molecule has 0 aliphatic carbocycles. The van der Waals surface area contributed by atoms with Crippen LogP contribution in [-0.4, -0.2) is 40.4 Å². The summed E-state index contributed by atoms with van der Waals surface area (Å²) >= 11 is 3.08. The Morgan fingerprint density at radius 2 is 1.89 bits per heavy atom. The molecule has 190 valence electrons. The standard InChI is InChI=1S/C27H25N3O5S2/c1-17-21(27(28)33)11-22(30(17)13-20-3-2-7-37-20)23(31)14-29(26(32)10-19-6-8-36-15-19)12-18-4-5-24-25(9-18)35-16-34-24/h2-9,11,15H,10,12-14,16H2,1H3,(H2,28,33). The molecule has 8 nitrogen and oxygen atoms in total. The number of hydrogen-bond acceptors (Lipinski definition) is 7. The highest BCUT2D eigenvalue weighted by Gasteiger charge is 2.25. The Morgan fingerprint density at radius 1 is 1.05 bits per heavy atom. The molecule has 5 rings (SSSR count). The first-order chi connectivity index (χ1) is 17.9. The summed E-state index contributed by atoms with van der Waals surface area (Å²) in [6, 6.07) is 12.8. The van der Waals surface area contributed by atoms with Crippen molar-refractivity contribution >= 4 is 40.3 Å². The van der Waals surface area contributed by atoms with Gasteiger partial charge in [0.15, 0.2) is 17.3 Å². The van der Waals surface area contributed by atoms with Crippen LogP contribution in [0.2, 0.25) is 0 Å². The third kappa shape index (κ3) is 5.45. The smallest absolute Gasteiger partial charge is 0.250 e. The Kier molecular flexibility index (Phi) is 7.11. The van der Waals surface area contributed by atoms with Crippen LogP contribution in [0.4, 0.5) is 0 Å². The molecule has 3 aromatic heterocycles. The largest absolute Gasteiger partial charge is 0.454 e. The summed E-state index contributed by atoms with van der Waals surface area (Å²) in [5, 5.41) is 5.80. The molecule has 0 atom stereocenters. The van der Waals surface area contributed by atoms with Gasteiger partial charge in [0.2, 0.25) is 12.7 Å². The lowest BCUT2D eigenvalue weighted by molar-refractivity contribution is -0.130. The van der Waals surface area contributed by atoms with Gasteiger partial charge in [-0.25, -0.2) is 0 Å². The highest BCUT2D eigenvalue weighted by molar-refractivity contribution is 7.09. The van der Waals surface area contributed by atoms with E-state index in [0.29, 0.717) is 35.0 Å². The molecule has 10 heteroatoms. The number of ketones is 1. The molecule has 1 aliphatic rings. The highest BCUT2D eigenvalue weighted by Crippen LogP contribution is 2.33. The Bertz CT molecular complexity index is 1440. The first-order valence-electron chi connectivity index (χ1n) is 11.6. The molecule has 0 unspecified atom stereocenters. The van der Waals surface area contributed by atoms with Crippen molar-refractivity contribution in [2.24, 2.45) is 5.73 Å². The summed E-state index contributed by atoms with van der Waals surface area (Å²) in [6.45, 7) is 2.43. The zero-order valence-electron chi connectivity index (χ0n) is 20.1. The molecule has 4 aromatic rings. The van der Waals surface area contributed by atoms with E-state index < -0.39 is 5.91 Å². The van der Waals surface area contributed by atoms with E-state index in [1.54, 1.807) is 33.8 Å². The quantitative estimate of drug-likeness (QED) is 0.306. The van der Waals surface area contributed by atoms with Gasteiger partial charge in [0, 0.05) is 17.1 Å². The fraction of sp³-hybridized carbons (Fsp3) is 0.222. The number of fused-ring (bicyclic) bond motifs is 1. The predicted octanol–water partition coefficient (Wildman–Crippen LogP) is 4.25. The monoisotopic (exact) mass is 535 g/mol. The number of rotatable bonds is 10. The van der Waals surface area contributed by atoms with Gasteiger partial charge in [-0.15, -0.1) is 11.3 Å². The lowest BCUT2D eigenvalue weighted by Gasteiger charge is -2.23. The van der Waals surface area contributed by atoms with Crippen LogP contribution in [0.3, 0.4) is 0 Å². The number of ether oxygens (including phenoxy) is 2. The SMILES string of the molecule is Cc1c(C(N)=O)cc(C(=O)CN(Cc2ccc3c(c2)OCO3)C(=O)Cc2ccsc2)n1Cc1cccs1. The van der Waals surface area contributed by atoms with Crippen LogP contribution in [0.15, 0.2) is 58.6 Å². The van der Waals surface area contributed by atoms with Crippen molar-refractivity contribution in [3.05, 3.63) is 91.6 Å². The van der Waals surface area contributed by atoms with Gasteiger partial charge in [-0.05, 0) is 64.5 Å². The first-order valence-corrected chi connectivity index (χ1v) is 13.4. The highest BCUT2D eigenvalue weighted by atomic mass is 32.1. The number of carbonyl (C=O) groups is 3. The molecular weight excluding hydrogens is 510 g/mol. The number of primary amides is 1. The van der Waals surface area contributed by atoms with Crippen LogP contribution < -0.4 is 15.2 Å². The number of amides is 2. The van der Waals surface area contributed by atoms with E-state index in [4.69, 9.17) is 15.2 Å². The molecule has 0 radical (unpaired) electrons. The maximum absolute atomic E-state index is 13.7. The van der Waals surface area contributed by atoms with Crippen LogP contribution in [0, 0.1) is 6.92 Å². The maximum Gasteiger partial charge on any atom is 0.250 e. The molecule has 1 aliphatic heterocycles. The third-order valence-corrected chi connectivity index (χ3v) is 7.84. The maximum atomic E-state index is 13.7. The third-order valence-electron chi connectivity index (χ3n) is 6.24. The zero-order valence-corrected chi connectivity index (χ0v) is 21.8. The van der Waals surface area contributed by atoms with E-state index in [1.165, 1.54) is 17.4 Å². The second-order valence-electron chi connectivity index (χ2n) is 8.73. The number of thiophene rings is 2. The topological polar surface area (TPSA) is 104 Å². The number of benzene rings is 1. The second kappa shape index (κ2) is 10.6. The molecule has 0 saturated carbocycles. The van der Waals surface area contributed by atoms with Crippen molar-refractivity contribution in [2.45, 2.75) is 26.4 Å². The Hall–Kier alpha value is -3.89. The van der Waals surface area contributed by atoms with Crippen LogP contribution in [0.25, 0.3) is 0 Å². The van der Waals surface area contributed by atoms with Crippen LogP contribution in [0.1, 0.15) is 42.5 Å². The molecule has 0 bridgehead atoms. The Morgan fingerprint density at radius 3 is 2.62 bits per heavy atom. The molecule has 0 saturated heterocycles. The minimum absolute atomic E-state index is 0.149. The minimum atomic E-state index is -0.595. The average molecular weight is 536 g/mol. The van der Waals surface area contributed by atoms with E-state index in [2.05, 4.69) is 0 Å². The molecule has 37 heavy (non-hydrogen) atoms. The Labute approximate surface area is 221 Å². The van der Waals surface area contributed by atoms with Crippen molar-refractivity contribution in [2.75, 3.05) is 13.3 Å². The minimum Gasteiger partial charge on any atom is -0.454 e. The fourth-order valence-electron chi connectivity index (χ4n) is 4.31. The summed E-state index contributed by atoms with van der Waals surface area (Å²) in [4.78, 5) is 41.7. The Balaban J connectivity index is 1.44. The van der Waals surface area contributed by atoms with E-state index in [9.17, 15) is 14.4 Å². The van der Waals surface area contributed by atoms with Gasteiger partial charge in [-0.3, -0.25) is 14.4 Å². The number of nitrogens with two attached hydrogens (primary N) is 1. The van der Waals surface area contributed by atoms with Gasteiger partial charge < -0.3 is 24.7 Å². The van der Waals surface area contributed by atoms with E-state index in [1.807, 2.05) is 46.5 Å². The lowest BCUT2D eigenvalue weighted by Crippen LogP contribution is -2.37. The molecule has 0 spiro atoms. The average Bonchev–Trinajstić information content (AvgIpc) is 3.68. The van der Waals surface area contributed by atoms with Crippen molar-refractivity contribution in [3.8, 4) is 11.5 Å². The van der Waals surface area contributed by atoms with Crippen molar-refractivity contribution < 1.29 is 23.9 Å². The normalized spacial score (nSPS) is 12.0. The number of nitrogens with zero attached hydrogens (tertiary/aromatic N) is 2. The van der Waals surface area contributed by atoms with Gasteiger partial charge in [0.05, 0.1) is 30.8 Å². The molecule has 2 amide bonds. The van der Waals surface area contributed by atoms with Crippen LogP contribution in [-0.2, 0) is 24.3 Å². The summed E-state index contributed by atoms with van der Waals surface area (Å²) in [5.41, 5.74) is 8.57.